The average molecular weight is 240 g/mol. The molecular weight excluding hydrogens is 227 g/mol. The molecule has 0 aliphatic carbocycles. The Morgan fingerprint density at radius 1 is 1.12 bits per heavy atom. The molecule has 2 rings (SSSR count). The van der Waals surface area contributed by atoms with Crippen molar-refractivity contribution in [2.24, 2.45) is 0 Å². The fraction of sp³-hybridized carbons (Fsp3) is 0.143. The summed E-state index contributed by atoms with van der Waals surface area (Å²) in [5, 5.41) is 0. The molecule has 0 bridgehead atoms. The smallest absolute Gasteiger partial charge is 0.119 e. The van der Waals surface area contributed by atoms with E-state index in [1.165, 1.54) is 5.56 Å². The highest BCUT2D eigenvalue weighted by Crippen LogP contribution is 2.24. The van der Waals surface area contributed by atoms with Crippen molar-refractivity contribution in [3.8, 4) is 5.75 Å². The number of ether oxygens (including phenoxy) is 1. The molecule has 84 valence electrons. The van der Waals surface area contributed by atoms with Crippen molar-refractivity contribution in [1.29, 1.82) is 0 Å². The van der Waals surface area contributed by atoms with Gasteiger partial charge in [-0.15, -0.1) is 11.8 Å². The van der Waals surface area contributed by atoms with Crippen LogP contribution < -0.4 is 10.2 Å². The van der Waals surface area contributed by atoms with Gasteiger partial charge in [-0.2, -0.15) is 0 Å². The van der Waals surface area contributed by atoms with Gasteiger partial charge < -0.3 is 4.74 Å². The molecule has 0 aliphatic rings. The second-order valence-corrected chi connectivity index (χ2v) is 4.70. The van der Waals surface area contributed by atoms with Crippen LogP contribution in [0.3, 0.4) is 0 Å². The molecule has 2 aromatic rings. The van der Waals surface area contributed by atoms with Gasteiger partial charge in [-0.05, 0) is 17.7 Å². The second kappa shape index (κ2) is 5.83. The zero-order valence-corrected chi connectivity index (χ0v) is 10.5. The van der Waals surface area contributed by atoms with Crippen molar-refractivity contribution < 1.29 is 4.74 Å². The summed E-state index contributed by atoms with van der Waals surface area (Å²) in [5.74, 6) is 1.76. The molecule has 0 unspecified atom stereocenters. The zero-order valence-electron chi connectivity index (χ0n) is 9.72. The second-order valence-electron chi connectivity index (χ2n) is 3.68. The van der Waals surface area contributed by atoms with Crippen LogP contribution in [0.4, 0.5) is 0 Å². The zero-order chi connectivity index (χ0) is 12.1. The largest absolute Gasteiger partial charge is 0.497 e. The van der Waals surface area contributed by atoms with Crippen molar-refractivity contribution in [2.45, 2.75) is 10.6 Å². The lowest BCUT2D eigenvalue weighted by molar-refractivity contribution is 0.414. The molecule has 3 heteroatoms. The van der Waals surface area contributed by atoms with Crippen LogP contribution in [-0.2, 0) is 5.75 Å². The van der Waals surface area contributed by atoms with Crippen molar-refractivity contribution in [3.05, 3.63) is 54.1 Å². The van der Waals surface area contributed by atoms with Gasteiger partial charge in [-0.1, -0.05) is 41.9 Å². The molecule has 0 spiro atoms. The Bertz CT molecular complexity index is 485. The lowest BCUT2D eigenvalue weighted by Crippen LogP contribution is -2.05. The summed E-state index contributed by atoms with van der Waals surface area (Å²) in [5.41, 5.74) is 2.09. The van der Waals surface area contributed by atoms with Crippen molar-refractivity contribution in [1.82, 2.24) is 0 Å². The van der Waals surface area contributed by atoms with E-state index in [1.807, 2.05) is 36.4 Å². The van der Waals surface area contributed by atoms with E-state index in [0.717, 1.165) is 21.9 Å². The van der Waals surface area contributed by atoms with E-state index in [1.54, 1.807) is 18.9 Å². The molecule has 0 aromatic heterocycles. The maximum Gasteiger partial charge on any atom is 0.119 e. The predicted octanol–water partition coefficient (Wildman–Crippen LogP) is 2.78. The van der Waals surface area contributed by atoms with Crippen LogP contribution in [0.25, 0.3) is 0 Å². The van der Waals surface area contributed by atoms with Gasteiger partial charge in [-0.3, -0.25) is 0 Å². The van der Waals surface area contributed by atoms with Crippen LogP contribution in [-0.4, -0.2) is 15.0 Å². The maximum atomic E-state index is 5.93. The fourth-order valence-electron chi connectivity index (χ4n) is 1.50. The quantitative estimate of drug-likeness (QED) is 0.600. The summed E-state index contributed by atoms with van der Waals surface area (Å²) in [7, 11) is 7.60. The fourth-order valence-corrected chi connectivity index (χ4v) is 2.45. The highest BCUT2D eigenvalue weighted by atomic mass is 32.2. The summed E-state index contributed by atoms with van der Waals surface area (Å²) < 4.78 is 5.19. The summed E-state index contributed by atoms with van der Waals surface area (Å²) in [6.07, 6.45) is 0. The third kappa shape index (κ3) is 3.30. The topological polar surface area (TPSA) is 9.23 Å². The molecule has 2 radical (unpaired) electrons. The molecule has 0 aliphatic heterocycles. The maximum absolute atomic E-state index is 5.93. The highest BCUT2D eigenvalue weighted by Gasteiger charge is 2.01. The number of hydrogen-bond donors (Lipinski definition) is 0. The minimum Gasteiger partial charge on any atom is -0.497 e. The van der Waals surface area contributed by atoms with E-state index in [0.29, 0.717) is 0 Å². The standard InChI is InChI=1S/C14H13BOS/c1-16-12-7-8-13(15)14(9-12)17-10-11-5-3-2-4-6-11/h2-9H,10H2,1H3. The van der Waals surface area contributed by atoms with E-state index in [-0.39, 0.29) is 0 Å². The van der Waals surface area contributed by atoms with Crippen LogP contribution >= 0.6 is 11.8 Å². The van der Waals surface area contributed by atoms with Crippen LogP contribution in [0.5, 0.6) is 5.75 Å². The molecule has 0 atom stereocenters. The molecule has 17 heavy (non-hydrogen) atoms. The summed E-state index contributed by atoms with van der Waals surface area (Å²) in [6.45, 7) is 0. The summed E-state index contributed by atoms with van der Waals surface area (Å²) >= 11 is 1.72. The monoisotopic (exact) mass is 240 g/mol. The van der Waals surface area contributed by atoms with Crippen LogP contribution in [0.15, 0.2) is 53.4 Å². The van der Waals surface area contributed by atoms with Crippen molar-refractivity contribution in [3.63, 3.8) is 0 Å². The number of methoxy groups -OCH3 is 1. The van der Waals surface area contributed by atoms with Crippen LogP contribution in [0.2, 0.25) is 0 Å². The van der Waals surface area contributed by atoms with E-state index in [2.05, 4.69) is 12.1 Å². The van der Waals surface area contributed by atoms with Gasteiger partial charge in [0.05, 0.1) is 7.11 Å². The van der Waals surface area contributed by atoms with Gasteiger partial charge in [0, 0.05) is 10.6 Å². The van der Waals surface area contributed by atoms with E-state index in [9.17, 15) is 0 Å². The minimum atomic E-state index is 0.798. The van der Waals surface area contributed by atoms with Gasteiger partial charge in [-0.25, -0.2) is 0 Å². The normalized spacial score (nSPS) is 10.2. The number of thioether (sulfide) groups is 1. The Hall–Kier alpha value is -1.35. The third-order valence-electron chi connectivity index (χ3n) is 2.46. The minimum absolute atomic E-state index is 0.798. The number of hydrogen-bond acceptors (Lipinski definition) is 2. The molecule has 1 nitrogen and oxygen atoms in total. The molecule has 0 saturated carbocycles. The lowest BCUT2D eigenvalue weighted by atomic mass is 9.96. The first-order valence-electron chi connectivity index (χ1n) is 5.40. The van der Waals surface area contributed by atoms with Crippen molar-refractivity contribution in [2.75, 3.05) is 7.11 Å². The summed E-state index contributed by atoms with van der Waals surface area (Å²) in [4.78, 5) is 1.06. The Labute approximate surface area is 108 Å². The first-order chi connectivity index (χ1) is 8.29. The van der Waals surface area contributed by atoms with Crippen LogP contribution in [0.1, 0.15) is 5.56 Å². The SMILES string of the molecule is [B]c1ccc(OC)cc1SCc1ccccc1. The van der Waals surface area contributed by atoms with Gasteiger partial charge in [0.1, 0.15) is 13.6 Å². The Morgan fingerprint density at radius 3 is 2.59 bits per heavy atom. The highest BCUT2D eigenvalue weighted by molar-refractivity contribution is 7.98. The van der Waals surface area contributed by atoms with E-state index >= 15 is 0 Å². The van der Waals surface area contributed by atoms with E-state index < -0.39 is 0 Å². The third-order valence-corrected chi connectivity index (χ3v) is 3.60. The average Bonchev–Trinajstić information content (AvgIpc) is 2.39. The molecule has 0 saturated heterocycles. The molecule has 0 N–H and O–H groups in total. The lowest BCUT2D eigenvalue weighted by Gasteiger charge is -2.08. The van der Waals surface area contributed by atoms with Gasteiger partial charge in [0.2, 0.25) is 0 Å². The number of rotatable bonds is 4. The molecule has 2 aromatic carbocycles. The first kappa shape index (κ1) is 12.1. The Balaban J connectivity index is 2.08. The van der Waals surface area contributed by atoms with Crippen molar-refractivity contribution >= 4 is 25.1 Å². The molecule has 0 amide bonds. The van der Waals surface area contributed by atoms with Gasteiger partial charge in [0.25, 0.3) is 0 Å². The summed E-state index contributed by atoms with van der Waals surface area (Å²) in [6, 6.07) is 16.1. The Morgan fingerprint density at radius 2 is 1.88 bits per heavy atom. The number of benzene rings is 2. The molecule has 0 heterocycles. The predicted molar refractivity (Wildman–Crippen MR) is 74.4 cm³/mol. The van der Waals surface area contributed by atoms with Crippen LogP contribution in [0, 0.1) is 0 Å². The Kier molecular flexibility index (Phi) is 4.15. The molecule has 0 fully saturated rings. The van der Waals surface area contributed by atoms with Gasteiger partial charge >= 0.3 is 0 Å². The van der Waals surface area contributed by atoms with Gasteiger partial charge in [0.15, 0.2) is 0 Å². The molecular formula is C14H13BOS. The van der Waals surface area contributed by atoms with E-state index in [4.69, 9.17) is 12.6 Å². The first-order valence-corrected chi connectivity index (χ1v) is 6.38.